The largest absolute Gasteiger partial charge is 0.389 e. The first-order valence-electron chi connectivity index (χ1n) is 10.8. The molecule has 170 valence electrons. The van der Waals surface area contributed by atoms with Crippen molar-refractivity contribution in [2.45, 2.75) is 26.0 Å². The molecule has 0 bridgehead atoms. The fraction of sp³-hybridized carbons (Fsp3) is 0.208. The average molecular weight is 454 g/mol. The van der Waals surface area contributed by atoms with Gasteiger partial charge in [-0.1, -0.05) is 6.07 Å². The lowest BCUT2D eigenvalue weighted by Crippen LogP contribution is -2.30. The Hall–Kier alpha value is -4.33. The van der Waals surface area contributed by atoms with E-state index in [9.17, 15) is 10.4 Å². The number of aliphatic hydroxyl groups excluding tert-OH is 1. The van der Waals surface area contributed by atoms with E-state index >= 15 is 0 Å². The third-order valence-electron chi connectivity index (χ3n) is 5.68. The van der Waals surface area contributed by atoms with E-state index in [-0.39, 0.29) is 6.04 Å². The predicted octanol–water partition coefficient (Wildman–Crippen LogP) is 3.21. The number of rotatable bonds is 5. The third-order valence-corrected chi connectivity index (χ3v) is 5.68. The number of allylic oxidation sites excluding steroid dienone is 1. The molecule has 2 atom stereocenters. The smallest absolute Gasteiger partial charge is 0.153 e. The summed E-state index contributed by atoms with van der Waals surface area (Å²) in [4.78, 5) is 9.41. The Labute approximate surface area is 196 Å². The quantitative estimate of drug-likeness (QED) is 0.417. The van der Waals surface area contributed by atoms with Crippen LogP contribution in [0.3, 0.4) is 0 Å². The Balaban J connectivity index is 1.50. The van der Waals surface area contributed by atoms with E-state index in [2.05, 4.69) is 32.0 Å². The van der Waals surface area contributed by atoms with Crippen molar-refractivity contribution in [3.8, 4) is 11.9 Å². The van der Waals surface area contributed by atoms with Gasteiger partial charge in [0.15, 0.2) is 5.82 Å². The topological polar surface area (TPSA) is 128 Å². The molecular weight excluding hydrogens is 430 g/mol. The van der Waals surface area contributed by atoms with Crippen molar-refractivity contribution < 1.29 is 5.11 Å². The molecule has 0 amide bonds. The van der Waals surface area contributed by atoms with Crippen LogP contribution in [0.5, 0.6) is 0 Å². The molecule has 34 heavy (non-hydrogen) atoms. The lowest BCUT2D eigenvalue weighted by Gasteiger charge is -2.20. The van der Waals surface area contributed by atoms with Gasteiger partial charge in [0, 0.05) is 18.3 Å². The van der Waals surface area contributed by atoms with Crippen LogP contribution in [0.2, 0.25) is 0 Å². The molecule has 3 N–H and O–H groups in total. The summed E-state index contributed by atoms with van der Waals surface area (Å²) in [6.45, 7) is 3.59. The van der Waals surface area contributed by atoms with E-state index in [1.54, 1.807) is 31.4 Å². The van der Waals surface area contributed by atoms with E-state index in [4.69, 9.17) is 4.98 Å². The van der Waals surface area contributed by atoms with Gasteiger partial charge in [0.1, 0.15) is 23.9 Å². The molecule has 10 heteroatoms. The van der Waals surface area contributed by atoms with Crippen molar-refractivity contribution in [3.05, 3.63) is 77.5 Å². The number of fused-ring (bicyclic) bond motifs is 1. The summed E-state index contributed by atoms with van der Waals surface area (Å²) in [6, 6.07) is 15.2. The number of hydrazine groups is 1. The zero-order valence-electron chi connectivity index (χ0n) is 18.9. The number of aliphatic hydroxyl groups is 1. The highest BCUT2D eigenvalue weighted by Crippen LogP contribution is 2.30. The van der Waals surface area contributed by atoms with Crippen LogP contribution < -0.4 is 10.7 Å². The number of aryl methyl sites for hydroxylation is 1. The highest BCUT2D eigenvalue weighted by molar-refractivity contribution is 5.81. The number of hydrogen-bond donors (Lipinski definition) is 3. The fourth-order valence-electron chi connectivity index (χ4n) is 3.94. The molecule has 1 aliphatic rings. The Morgan fingerprint density at radius 1 is 1.18 bits per heavy atom. The Morgan fingerprint density at radius 3 is 2.74 bits per heavy atom. The van der Waals surface area contributed by atoms with E-state index < -0.39 is 6.10 Å². The van der Waals surface area contributed by atoms with Crippen molar-refractivity contribution in [2.24, 2.45) is 0 Å². The first-order valence-corrected chi connectivity index (χ1v) is 10.8. The molecule has 0 saturated carbocycles. The maximum absolute atomic E-state index is 10.3. The molecule has 0 spiro atoms. The summed E-state index contributed by atoms with van der Waals surface area (Å²) in [5, 5.41) is 32.8. The van der Waals surface area contributed by atoms with Crippen molar-refractivity contribution in [1.29, 1.82) is 5.26 Å². The maximum Gasteiger partial charge on any atom is 0.153 e. The zero-order valence-corrected chi connectivity index (χ0v) is 18.9. The minimum absolute atomic E-state index is 0.328. The molecule has 1 aromatic carbocycles. The molecule has 0 fully saturated rings. The lowest BCUT2D eigenvalue weighted by molar-refractivity contribution is 0.196. The molecule has 5 rings (SSSR count). The Kier molecular flexibility index (Phi) is 5.41. The Bertz CT molecular complexity index is 1430. The fourth-order valence-corrected chi connectivity index (χ4v) is 3.94. The number of nitriles is 1. The van der Waals surface area contributed by atoms with Crippen LogP contribution in [0.4, 0.5) is 11.5 Å². The number of nitrogens with zero attached hydrogens (tertiary/aromatic N) is 7. The maximum atomic E-state index is 10.3. The Morgan fingerprint density at radius 2 is 2.03 bits per heavy atom. The molecule has 0 saturated heterocycles. The summed E-state index contributed by atoms with van der Waals surface area (Å²) in [5.41, 5.74) is 8.44. The average Bonchev–Trinajstić information content (AvgIpc) is 3.43. The van der Waals surface area contributed by atoms with Crippen LogP contribution in [0.1, 0.15) is 36.0 Å². The molecule has 1 aliphatic heterocycles. The summed E-state index contributed by atoms with van der Waals surface area (Å²) in [7, 11) is 1.78. The zero-order chi connectivity index (χ0) is 23.8. The van der Waals surface area contributed by atoms with Gasteiger partial charge in [-0.15, -0.1) is 5.10 Å². The lowest BCUT2D eigenvalue weighted by atomic mass is 10.0. The summed E-state index contributed by atoms with van der Waals surface area (Å²) >= 11 is 0. The number of benzene rings is 1. The molecule has 0 radical (unpaired) electrons. The molecule has 0 aliphatic carbocycles. The van der Waals surface area contributed by atoms with Crippen molar-refractivity contribution >= 4 is 22.5 Å². The third kappa shape index (κ3) is 3.94. The van der Waals surface area contributed by atoms with E-state index in [0.717, 1.165) is 22.4 Å². The molecule has 10 nitrogen and oxygen atoms in total. The highest BCUT2D eigenvalue weighted by atomic mass is 16.3. The number of anilines is 2. The second-order valence-electron chi connectivity index (χ2n) is 8.15. The van der Waals surface area contributed by atoms with Crippen LogP contribution in [-0.4, -0.2) is 41.9 Å². The van der Waals surface area contributed by atoms with Crippen LogP contribution in [-0.2, 0) is 0 Å². The minimum atomic E-state index is -0.707. The van der Waals surface area contributed by atoms with E-state index in [1.165, 1.54) is 0 Å². The summed E-state index contributed by atoms with van der Waals surface area (Å²) < 4.78 is 1.90. The normalized spacial score (nSPS) is 16.4. The van der Waals surface area contributed by atoms with Gasteiger partial charge in [-0.25, -0.2) is 15.4 Å². The van der Waals surface area contributed by atoms with Gasteiger partial charge >= 0.3 is 0 Å². The van der Waals surface area contributed by atoms with Crippen LogP contribution in [0.15, 0.2) is 60.6 Å². The number of hydrogen-bond acceptors (Lipinski definition) is 9. The van der Waals surface area contributed by atoms with E-state index in [0.29, 0.717) is 28.6 Å². The van der Waals surface area contributed by atoms with Gasteiger partial charge in [0.05, 0.1) is 34.6 Å². The SMILES string of the molecule is Cc1ccc(Nc2ccc3c(c2)ncn3-c2ccc(C(C)O)c(C3C=C(C#N)N(C)N3)n2)nn1. The predicted molar refractivity (Wildman–Crippen MR) is 127 cm³/mol. The van der Waals surface area contributed by atoms with E-state index in [1.807, 2.05) is 54.0 Å². The number of aromatic nitrogens is 5. The molecule has 4 aromatic rings. The number of imidazole rings is 1. The molecule has 3 aromatic heterocycles. The molecule has 4 heterocycles. The second kappa shape index (κ2) is 8.55. The van der Waals surface area contributed by atoms with Gasteiger partial charge in [-0.3, -0.25) is 4.57 Å². The van der Waals surface area contributed by atoms with Crippen LogP contribution >= 0.6 is 0 Å². The minimum Gasteiger partial charge on any atom is -0.389 e. The van der Waals surface area contributed by atoms with Crippen LogP contribution in [0, 0.1) is 18.3 Å². The molecule has 2 unspecified atom stereocenters. The first kappa shape index (κ1) is 21.5. The molecular formula is C24H23N9O. The van der Waals surface area contributed by atoms with Gasteiger partial charge in [-0.2, -0.15) is 10.4 Å². The van der Waals surface area contributed by atoms with Gasteiger partial charge < -0.3 is 15.4 Å². The highest BCUT2D eigenvalue weighted by Gasteiger charge is 2.26. The van der Waals surface area contributed by atoms with Gasteiger partial charge in [0.25, 0.3) is 0 Å². The second-order valence-corrected chi connectivity index (χ2v) is 8.15. The van der Waals surface area contributed by atoms with Crippen molar-refractivity contribution in [1.82, 2.24) is 35.2 Å². The van der Waals surface area contributed by atoms with Gasteiger partial charge in [-0.05, 0) is 56.3 Å². The number of nitrogens with one attached hydrogen (secondary N) is 2. The first-order chi connectivity index (χ1) is 16.4. The monoisotopic (exact) mass is 453 g/mol. The summed E-state index contributed by atoms with van der Waals surface area (Å²) in [5.74, 6) is 1.32. The summed E-state index contributed by atoms with van der Waals surface area (Å²) in [6.07, 6.45) is 2.82. The van der Waals surface area contributed by atoms with Gasteiger partial charge in [0.2, 0.25) is 0 Å². The number of pyridine rings is 1. The van der Waals surface area contributed by atoms with Crippen molar-refractivity contribution in [2.75, 3.05) is 12.4 Å². The van der Waals surface area contributed by atoms with Crippen molar-refractivity contribution in [3.63, 3.8) is 0 Å². The van der Waals surface area contributed by atoms with Crippen LogP contribution in [0.25, 0.3) is 16.9 Å². The standard InChI is InChI=1S/C24H23N9O/c1-14-4-8-22(30-29-14)27-16-5-7-21-19(10-16)26-13-33(21)23-9-6-18(15(2)34)24(28-23)20-11-17(12-25)32(3)31-20/h4-11,13,15,20,31,34H,1-3H3,(H,27,30).